The first kappa shape index (κ1) is 16.0. The van der Waals surface area contributed by atoms with E-state index in [-0.39, 0.29) is 5.97 Å². The molecule has 1 atom stereocenters. The molecule has 0 aromatic heterocycles. The monoisotopic (exact) mass is 289 g/mol. The molecule has 0 heterocycles. The largest absolute Gasteiger partial charge is 0.465 e. The second-order valence-corrected chi connectivity index (χ2v) is 6.08. The maximum Gasteiger partial charge on any atom is 0.317 e. The maximum absolute atomic E-state index is 12.7. The SMILES string of the molecule is CCOC(=O)C(CN)(CC1CCCCC1)c1ccccc1. The fraction of sp³-hybridized carbons (Fsp3) is 0.611. The summed E-state index contributed by atoms with van der Waals surface area (Å²) < 4.78 is 5.38. The first-order valence-corrected chi connectivity index (χ1v) is 8.15. The number of esters is 1. The Morgan fingerprint density at radius 1 is 1.24 bits per heavy atom. The molecule has 1 aromatic carbocycles. The highest BCUT2D eigenvalue weighted by Gasteiger charge is 2.42. The van der Waals surface area contributed by atoms with E-state index in [1.54, 1.807) is 0 Å². The lowest BCUT2D eigenvalue weighted by Crippen LogP contribution is -2.46. The lowest BCUT2D eigenvalue weighted by atomic mass is 9.70. The van der Waals surface area contributed by atoms with Crippen LogP contribution in [-0.2, 0) is 14.9 Å². The van der Waals surface area contributed by atoms with Crippen LogP contribution in [0.2, 0.25) is 0 Å². The summed E-state index contributed by atoms with van der Waals surface area (Å²) in [4.78, 5) is 12.7. The number of benzene rings is 1. The van der Waals surface area contributed by atoms with Gasteiger partial charge < -0.3 is 10.5 Å². The van der Waals surface area contributed by atoms with Gasteiger partial charge in [0, 0.05) is 6.54 Å². The van der Waals surface area contributed by atoms with Crippen molar-refractivity contribution in [3.8, 4) is 0 Å². The maximum atomic E-state index is 12.7. The van der Waals surface area contributed by atoms with Crippen LogP contribution in [0.25, 0.3) is 0 Å². The predicted molar refractivity (Wildman–Crippen MR) is 85.0 cm³/mol. The van der Waals surface area contributed by atoms with Gasteiger partial charge in [-0.15, -0.1) is 0 Å². The summed E-state index contributed by atoms with van der Waals surface area (Å²) in [7, 11) is 0. The molecule has 0 bridgehead atoms. The van der Waals surface area contributed by atoms with E-state index < -0.39 is 5.41 Å². The van der Waals surface area contributed by atoms with Gasteiger partial charge in [-0.25, -0.2) is 0 Å². The number of hydrogen-bond acceptors (Lipinski definition) is 3. The summed E-state index contributed by atoms with van der Waals surface area (Å²) in [5.41, 5.74) is 6.40. The van der Waals surface area contributed by atoms with Gasteiger partial charge in [0.2, 0.25) is 0 Å². The molecule has 1 aliphatic rings. The van der Waals surface area contributed by atoms with Gasteiger partial charge in [-0.2, -0.15) is 0 Å². The van der Waals surface area contributed by atoms with Crippen molar-refractivity contribution in [2.24, 2.45) is 11.7 Å². The van der Waals surface area contributed by atoms with Crippen LogP contribution in [-0.4, -0.2) is 19.1 Å². The van der Waals surface area contributed by atoms with Gasteiger partial charge in [0.1, 0.15) is 5.41 Å². The van der Waals surface area contributed by atoms with Crippen molar-refractivity contribution in [1.29, 1.82) is 0 Å². The van der Waals surface area contributed by atoms with Crippen molar-refractivity contribution < 1.29 is 9.53 Å². The van der Waals surface area contributed by atoms with Gasteiger partial charge in [-0.05, 0) is 24.8 Å². The zero-order chi connectivity index (χ0) is 15.1. The molecule has 1 unspecified atom stereocenters. The third-order valence-corrected chi connectivity index (χ3v) is 4.70. The molecule has 0 amide bonds. The van der Waals surface area contributed by atoms with Crippen LogP contribution in [0.5, 0.6) is 0 Å². The third kappa shape index (κ3) is 3.65. The summed E-state index contributed by atoms with van der Waals surface area (Å²) >= 11 is 0. The standard InChI is InChI=1S/C18H27NO2/c1-2-21-17(20)18(14-19,16-11-7-4-8-12-16)13-15-9-5-3-6-10-15/h4,7-8,11-12,15H,2-3,5-6,9-10,13-14,19H2,1H3. The van der Waals surface area contributed by atoms with Crippen molar-refractivity contribution in [3.63, 3.8) is 0 Å². The van der Waals surface area contributed by atoms with E-state index in [1.807, 2.05) is 37.3 Å². The molecular formula is C18H27NO2. The van der Waals surface area contributed by atoms with Gasteiger partial charge in [0.05, 0.1) is 6.61 Å². The summed E-state index contributed by atoms with van der Waals surface area (Å²) in [5, 5.41) is 0. The second kappa shape index (κ2) is 7.60. The first-order valence-electron chi connectivity index (χ1n) is 8.15. The van der Waals surface area contributed by atoms with Crippen molar-refractivity contribution in [2.75, 3.05) is 13.2 Å². The van der Waals surface area contributed by atoms with E-state index in [2.05, 4.69) is 0 Å². The van der Waals surface area contributed by atoms with Gasteiger partial charge in [-0.3, -0.25) is 4.79 Å². The van der Waals surface area contributed by atoms with E-state index in [4.69, 9.17) is 10.5 Å². The van der Waals surface area contributed by atoms with Crippen LogP contribution < -0.4 is 5.73 Å². The Morgan fingerprint density at radius 2 is 1.90 bits per heavy atom. The average Bonchev–Trinajstić information content (AvgIpc) is 2.54. The van der Waals surface area contributed by atoms with Gasteiger partial charge >= 0.3 is 5.97 Å². The van der Waals surface area contributed by atoms with Gasteiger partial charge in [0.15, 0.2) is 0 Å². The number of nitrogens with two attached hydrogens (primary N) is 1. The summed E-state index contributed by atoms with van der Waals surface area (Å²) in [6.07, 6.45) is 7.07. The van der Waals surface area contributed by atoms with Crippen molar-refractivity contribution in [3.05, 3.63) is 35.9 Å². The lowest BCUT2D eigenvalue weighted by Gasteiger charge is -2.35. The number of ether oxygens (including phenoxy) is 1. The Morgan fingerprint density at radius 3 is 2.48 bits per heavy atom. The summed E-state index contributed by atoms with van der Waals surface area (Å²) in [6.45, 7) is 2.56. The Kier molecular flexibility index (Phi) is 5.80. The number of hydrogen-bond donors (Lipinski definition) is 1. The number of carbonyl (C=O) groups is 1. The molecule has 1 fully saturated rings. The minimum absolute atomic E-state index is 0.163. The zero-order valence-electron chi connectivity index (χ0n) is 13.0. The summed E-state index contributed by atoms with van der Waals surface area (Å²) in [5.74, 6) is 0.413. The molecule has 1 saturated carbocycles. The van der Waals surface area contributed by atoms with E-state index in [0.29, 0.717) is 19.1 Å². The predicted octanol–water partition coefficient (Wildman–Crippen LogP) is 3.42. The van der Waals surface area contributed by atoms with Crippen molar-refractivity contribution in [2.45, 2.75) is 50.9 Å². The zero-order valence-corrected chi connectivity index (χ0v) is 13.0. The minimum Gasteiger partial charge on any atom is -0.465 e. The Labute approximate surface area is 127 Å². The van der Waals surface area contributed by atoms with Crippen LogP contribution in [0.15, 0.2) is 30.3 Å². The molecule has 2 rings (SSSR count). The molecule has 0 aliphatic heterocycles. The molecule has 0 spiro atoms. The van der Waals surface area contributed by atoms with Crippen LogP contribution in [0.4, 0.5) is 0 Å². The van der Waals surface area contributed by atoms with E-state index >= 15 is 0 Å². The molecule has 116 valence electrons. The van der Waals surface area contributed by atoms with Crippen LogP contribution >= 0.6 is 0 Å². The molecule has 2 N–H and O–H groups in total. The molecular weight excluding hydrogens is 262 g/mol. The number of rotatable bonds is 6. The number of carbonyl (C=O) groups excluding carboxylic acids is 1. The van der Waals surface area contributed by atoms with Gasteiger partial charge in [0.25, 0.3) is 0 Å². The minimum atomic E-state index is -0.681. The fourth-order valence-corrected chi connectivity index (χ4v) is 3.51. The smallest absolute Gasteiger partial charge is 0.317 e. The Bertz CT molecular complexity index is 440. The molecule has 1 aliphatic carbocycles. The average molecular weight is 289 g/mol. The molecule has 1 aromatic rings. The summed E-state index contributed by atoms with van der Waals surface area (Å²) in [6, 6.07) is 9.93. The first-order chi connectivity index (χ1) is 10.2. The fourth-order valence-electron chi connectivity index (χ4n) is 3.51. The topological polar surface area (TPSA) is 52.3 Å². The van der Waals surface area contributed by atoms with Crippen molar-refractivity contribution >= 4 is 5.97 Å². The Hall–Kier alpha value is -1.35. The van der Waals surface area contributed by atoms with Crippen molar-refractivity contribution in [1.82, 2.24) is 0 Å². The molecule has 0 saturated heterocycles. The Balaban J connectivity index is 2.29. The van der Waals surface area contributed by atoms with E-state index in [9.17, 15) is 4.79 Å². The molecule has 3 heteroatoms. The molecule has 21 heavy (non-hydrogen) atoms. The lowest BCUT2D eigenvalue weighted by molar-refractivity contribution is -0.150. The molecule has 3 nitrogen and oxygen atoms in total. The van der Waals surface area contributed by atoms with Crippen LogP contribution in [0.1, 0.15) is 51.0 Å². The normalized spacial score (nSPS) is 19.0. The molecule has 0 radical (unpaired) electrons. The quantitative estimate of drug-likeness (QED) is 0.816. The van der Waals surface area contributed by atoms with E-state index in [0.717, 1.165) is 12.0 Å². The van der Waals surface area contributed by atoms with Gasteiger partial charge in [-0.1, -0.05) is 62.4 Å². The third-order valence-electron chi connectivity index (χ3n) is 4.70. The van der Waals surface area contributed by atoms with E-state index in [1.165, 1.54) is 32.1 Å². The second-order valence-electron chi connectivity index (χ2n) is 6.08. The highest BCUT2D eigenvalue weighted by atomic mass is 16.5. The van der Waals surface area contributed by atoms with Crippen LogP contribution in [0.3, 0.4) is 0 Å². The highest BCUT2D eigenvalue weighted by Crippen LogP contribution is 2.37. The van der Waals surface area contributed by atoms with Crippen LogP contribution in [0, 0.1) is 5.92 Å². The highest BCUT2D eigenvalue weighted by molar-refractivity contribution is 5.83.